The molecule has 0 amide bonds. The summed E-state index contributed by atoms with van der Waals surface area (Å²) in [7, 11) is 1.48. The van der Waals surface area contributed by atoms with Crippen LogP contribution in [0.15, 0.2) is 28.7 Å². The zero-order chi connectivity index (χ0) is 12.0. The first-order chi connectivity index (χ1) is 7.63. The summed E-state index contributed by atoms with van der Waals surface area (Å²) in [6, 6.07) is 7.03. The van der Waals surface area contributed by atoms with Crippen LogP contribution in [0, 0.1) is 0 Å². The molecule has 2 N–H and O–H groups in total. The van der Waals surface area contributed by atoms with Gasteiger partial charge in [-0.25, -0.2) is 0 Å². The molecule has 4 nitrogen and oxygen atoms in total. The van der Waals surface area contributed by atoms with Crippen molar-refractivity contribution >= 4 is 21.9 Å². The van der Waals surface area contributed by atoms with E-state index >= 15 is 0 Å². The van der Waals surface area contributed by atoms with Gasteiger partial charge in [-0.05, 0) is 17.7 Å². The summed E-state index contributed by atoms with van der Waals surface area (Å²) in [5.41, 5.74) is 1.02. The van der Waals surface area contributed by atoms with Gasteiger partial charge in [0, 0.05) is 18.1 Å². The zero-order valence-corrected chi connectivity index (χ0v) is 10.5. The molecule has 0 aliphatic heterocycles. The van der Waals surface area contributed by atoms with Gasteiger partial charge < -0.3 is 9.84 Å². The van der Waals surface area contributed by atoms with Crippen molar-refractivity contribution in [3.05, 3.63) is 34.3 Å². The summed E-state index contributed by atoms with van der Waals surface area (Å²) < 4.78 is 5.80. The first-order valence-corrected chi connectivity index (χ1v) is 5.62. The summed E-state index contributed by atoms with van der Waals surface area (Å²) in [5, 5.41) is 11.8. The number of hydrogen-bond acceptors (Lipinski definition) is 3. The summed E-state index contributed by atoms with van der Waals surface area (Å²) in [6.45, 7) is 0.656. The Bertz CT molecular complexity index is 357. The van der Waals surface area contributed by atoms with E-state index in [0.29, 0.717) is 6.54 Å². The third-order valence-electron chi connectivity index (χ3n) is 2.07. The number of ether oxygens (including phenoxy) is 1. The Morgan fingerprint density at radius 2 is 2.38 bits per heavy atom. The lowest BCUT2D eigenvalue weighted by atomic mass is 10.2. The highest BCUT2D eigenvalue weighted by atomic mass is 79.9. The number of aliphatic carboxylic acids is 1. The Morgan fingerprint density at radius 1 is 1.62 bits per heavy atom. The fourth-order valence-electron chi connectivity index (χ4n) is 1.27. The molecule has 1 atom stereocenters. The molecule has 0 aromatic heterocycles. The monoisotopic (exact) mass is 287 g/mol. The van der Waals surface area contributed by atoms with Crippen LogP contribution in [0.4, 0.5) is 0 Å². The Balaban J connectivity index is 2.51. The molecular weight excluding hydrogens is 274 g/mol. The quantitative estimate of drug-likeness (QED) is 0.835. The van der Waals surface area contributed by atoms with Crippen molar-refractivity contribution in [1.82, 2.24) is 5.32 Å². The van der Waals surface area contributed by atoms with E-state index < -0.39 is 12.0 Å². The highest BCUT2D eigenvalue weighted by Crippen LogP contribution is 2.11. The highest BCUT2D eigenvalue weighted by molar-refractivity contribution is 9.10. The molecule has 0 spiro atoms. The van der Waals surface area contributed by atoms with E-state index in [0.717, 1.165) is 10.0 Å². The molecule has 0 heterocycles. The second-order valence-electron chi connectivity index (χ2n) is 3.36. The molecule has 1 unspecified atom stereocenters. The Morgan fingerprint density at radius 3 is 2.94 bits per heavy atom. The first-order valence-electron chi connectivity index (χ1n) is 4.83. The summed E-state index contributed by atoms with van der Waals surface area (Å²) in [4.78, 5) is 10.8. The molecule has 16 heavy (non-hydrogen) atoms. The maximum Gasteiger partial charge on any atom is 0.323 e. The number of methoxy groups -OCH3 is 1. The number of hydrogen-bond donors (Lipinski definition) is 2. The van der Waals surface area contributed by atoms with Gasteiger partial charge in [-0.3, -0.25) is 10.1 Å². The Kier molecular flexibility index (Phi) is 5.45. The lowest BCUT2D eigenvalue weighted by Crippen LogP contribution is -2.39. The molecule has 0 radical (unpaired) electrons. The third-order valence-corrected chi connectivity index (χ3v) is 2.57. The van der Waals surface area contributed by atoms with Gasteiger partial charge in [-0.15, -0.1) is 0 Å². The fourth-order valence-corrected chi connectivity index (χ4v) is 1.72. The Labute approximate surface area is 103 Å². The number of carboxylic acid groups (broad SMARTS) is 1. The fraction of sp³-hybridized carbons (Fsp3) is 0.364. The average Bonchev–Trinajstić information content (AvgIpc) is 2.24. The van der Waals surface area contributed by atoms with Gasteiger partial charge in [0.2, 0.25) is 0 Å². The molecule has 0 fully saturated rings. The first kappa shape index (κ1) is 13.2. The van der Waals surface area contributed by atoms with E-state index in [1.807, 2.05) is 24.3 Å². The third kappa shape index (κ3) is 4.30. The number of benzene rings is 1. The van der Waals surface area contributed by atoms with Gasteiger partial charge in [-0.2, -0.15) is 0 Å². The molecular formula is C11H14BrNO3. The van der Waals surface area contributed by atoms with E-state index in [4.69, 9.17) is 9.84 Å². The van der Waals surface area contributed by atoms with Crippen molar-refractivity contribution in [2.75, 3.05) is 13.7 Å². The van der Waals surface area contributed by atoms with Crippen LogP contribution in [0.2, 0.25) is 0 Å². The molecule has 0 aliphatic carbocycles. The van der Waals surface area contributed by atoms with Crippen molar-refractivity contribution in [1.29, 1.82) is 0 Å². The van der Waals surface area contributed by atoms with Crippen molar-refractivity contribution < 1.29 is 14.6 Å². The minimum absolute atomic E-state index is 0.156. The number of halogens is 1. The van der Waals surface area contributed by atoms with Crippen LogP contribution in [0.1, 0.15) is 5.56 Å². The van der Waals surface area contributed by atoms with Gasteiger partial charge in [0.25, 0.3) is 0 Å². The van der Waals surface area contributed by atoms with Gasteiger partial charge in [-0.1, -0.05) is 28.1 Å². The number of rotatable bonds is 6. The Hall–Kier alpha value is -0.910. The molecule has 0 saturated carbocycles. The predicted molar refractivity (Wildman–Crippen MR) is 64.3 cm³/mol. The molecule has 1 rings (SSSR count). The molecule has 88 valence electrons. The second-order valence-corrected chi connectivity index (χ2v) is 4.27. The second kappa shape index (κ2) is 6.62. The zero-order valence-electron chi connectivity index (χ0n) is 8.94. The van der Waals surface area contributed by atoms with Crippen molar-refractivity contribution in [3.63, 3.8) is 0 Å². The largest absolute Gasteiger partial charge is 0.480 e. The number of nitrogens with one attached hydrogen (secondary N) is 1. The van der Waals surface area contributed by atoms with Crippen LogP contribution in [0.3, 0.4) is 0 Å². The maximum absolute atomic E-state index is 10.8. The van der Waals surface area contributed by atoms with Gasteiger partial charge in [0.15, 0.2) is 0 Å². The highest BCUT2D eigenvalue weighted by Gasteiger charge is 2.15. The summed E-state index contributed by atoms with van der Waals surface area (Å²) >= 11 is 3.36. The lowest BCUT2D eigenvalue weighted by molar-refractivity contribution is -0.140. The lowest BCUT2D eigenvalue weighted by Gasteiger charge is -2.13. The van der Waals surface area contributed by atoms with Gasteiger partial charge in [0.05, 0.1) is 6.61 Å². The molecule has 5 heteroatoms. The minimum atomic E-state index is -0.906. The smallest absolute Gasteiger partial charge is 0.323 e. The van der Waals surface area contributed by atoms with E-state index in [9.17, 15) is 4.79 Å². The summed E-state index contributed by atoms with van der Waals surface area (Å²) in [5.74, 6) is -0.906. The van der Waals surface area contributed by atoms with Crippen LogP contribution < -0.4 is 5.32 Å². The van der Waals surface area contributed by atoms with Crippen LogP contribution in [0.5, 0.6) is 0 Å². The van der Waals surface area contributed by atoms with Crippen molar-refractivity contribution in [3.8, 4) is 0 Å². The molecule has 0 saturated heterocycles. The van der Waals surface area contributed by atoms with E-state index in [1.165, 1.54) is 7.11 Å². The molecule has 1 aromatic carbocycles. The standard InChI is InChI=1S/C11H14BrNO3/c1-16-7-10(11(14)15)13-6-8-3-2-4-9(12)5-8/h2-5,10,13H,6-7H2,1H3,(H,14,15). The number of carboxylic acids is 1. The average molecular weight is 288 g/mol. The van der Waals surface area contributed by atoms with Crippen molar-refractivity contribution in [2.45, 2.75) is 12.6 Å². The molecule has 0 bridgehead atoms. The summed E-state index contributed by atoms with van der Waals surface area (Å²) in [6.07, 6.45) is 0. The van der Waals surface area contributed by atoms with E-state index in [1.54, 1.807) is 0 Å². The van der Waals surface area contributed by atoms with Crippen molar-refractivity contribution in [2.24, 2.45) is 0 Å². The molecule has 1 aromatic rings. The van der Waals surface area contributed by atoms with Crippen LogP contribution in [-0.2, 0) is 16.1 Å². The van der Waals surface area contributed by atoms with E-state index in [-0.39, 0.29) is 6.61 Å². The number of carbonyl (C=O) groups is 1. The minimum Gasteiger partial charge on any atom is -0.480 e. The van der Waals surface area contributed by atoms with Crippen LogP contribution in [-0.4, -0.2) is 30.8 Å². The maximum atomic E-state index is 10.8. The van der Waals surface area contributed by atoms with E-state index in [2.05, 4.69) is 21.2 Å². The van der Waals surface area contributed by atoms with Crippen LogP contribution >= 0.6 is 15.9 Å². The van der Waals surface area contributed by atoms with Crippen LogP contribution in [0.25, 0.3) is 0 Å². The normalized spacial score (nSPS) is 12.4. The van der Waals surface area contributed by atoms with Gasteiger partial charge >= 0.3 is 5.97 Å². The van der Waals surface area contributed by atoms with Gasteiger partial charge in [0.1, 0.15) is 6.04 Å². The topological polar surface area (TPSA) is 58.6 Å². The molecule has 0 aliphatic rings. The predicted octanol–water partition coefficient (Wildman–Crippen LogP) is 1.64. The SMILES string of the molecule is COCC(NCc1cccc(Br)c1)C(=O)O.